The lowest BCUT2D eigenvalue weighted by atomic mass is 9.85. The van der Waals surface area contributed by atoms with E-state index < -0.39 is 5.60 Å². The molecule has 3 heteroatoms. The normalized spacial score (nSPS) is 24.2. The fourth-order valence-corrected chi connectivity index (χ4v) is 1.36. The Morgan fingerprint density at radius 1 is 1.36 bits per heavy atom. The summed E-state index contributed by atoms with van der Waals surface area (Å²) >= 11 is 0. The molecule has 0 saturated carbocycles. The Bertz CT molecular complexity index is 178. The molecule has 0 aromatic rings. The van der Waals surface area contributed by atoms with Crippen molar-refractivity contribution in [2.75, 3.05) is 19.8 Å². The Balaban J connectivity index is 2.35. The molecule has 0 aliphatic carbocycles. The van der Waals surface area contributed by atoms with Crippen molar-refractivity contribution in [1.29, 1.82) is 0 Å². The van der Waals surface area contributed by atoms with Gasteiger partial charge >= 0.3 is 0 Å². The molecule has 0 spiro atoms. The van der Waals surface area contributed by atoms with E-state index in [1.165, 1.54) is 0 Å². The zero-order chi connectivity index (χ0) is 10.8. The molecule has 1 aliphatic rings. The first-order valence-corrected chi connectivity index (χ1v) is 5.38. The molecule has 14 heavy (non-hydrogen) atoms. The largest absolute Gasteiger partial charge is 0.389 e. The van der Waals surface area contributed by atoms with E-state index in [0.717, 1.165) is 26.2 Å². The molecule has 0 radical (unpaired) electrons. The average Bonchev–Trinajstić information content (AvgIpc) is 2.50. The summed E-state index contributed by atoms with van der Waals surface area (Å²) in [6, 6.07) is 0. The van der Waals surface area contributed by atoms with E-state index in [1.807, 2.05) is 27.7 Å². The lowest BCUT2D eigenvalue weighted by Gasteiger charge is -2.38. The molecule has 3 nitrogen and oxygen atoms in total. The molecule has 1 atom stereocenters. The summed E-state index contributed by atoms with van der Waals surface area (Å²) in [4.78, 5) is 0. The molecule has 1 aliphatic heterocycles. The number of aliphatic hydroxyl groups is 1. The van der Waals surface area contributed by atoms with Gasteiger partial charge in [-0.2, -0.15) is 0 Å². The first-order valence-electron chi connectivity index (χ1n) is 5.38. The zero-order valence-corrected chi connectivity index (χ0v) is 9.76. The lowest BCUT2D eigenvalue weighted by Crippen LogP contribution is -2.56. The number of hydrogen-bond donors (Lipinski definition) is 2. The Kier molecular flexibility index (Phi) is 3.56. The van der Waals surface area contributed by atoms with Crippen LogP contribution < -0.4 is 5.32 Å². The summed E-state index contributed by atoms with van der Waals surface area (Å²) in [5.41, 5.74) is -0.956. The maximum absolute atomic E-state index is 9.93. The standard InChI is InChI=1S/C11H23NO2/c1-10(2,11(3,4)13)12-7-9-5-6-14-8-9/h9,12-13H,5-8H2,1-4H3. The van der Waals surface area contributed by atoms with Crippen LogP contribution in [0.15, 0.2) is 0 Å². The molecular formula is C11H23NO2. The summed E-state index contributed by atoms with van der Waals surface area (Å²) < 4.78 is 5.31. The quantitative estimate of drug-likeness (QED) is 0.717. The Morgan fingerprint density at radius 2 is 2.00 bits per heavy atom. The van der Waals surface area contributed by atoms with Gasteiger partial charge in [0.2, 0.25) is 0 Å². The topological polar surface area (TPSA) is 41.5 Å². The van der Waals surface area contributed by atoms with E-state index in [1.54, 1.807) is 0 Å². The molecule has 0 bridgehead atoms. The third kappa shape index (κ3) is 2.94. The van der Waals surface area contributed by atoms with Gasteiger partial charge in [0.1, 0.15) is 0 Å². The summed E-state index contributed by atoms with van der Waals surface area (Å²) in [5, 5.41) is 13.3. The monoisotopic (exact) mass is 201 g/mol. The lowest BCUT2D eigenvalue weighted by molar-refractivity contribution is -0.00624. The molecule has 0 aromatic carbocycles. The summed E-state index contributed by atoms with van der Waals surface area (Å²) in [7, 11) is 0. The molecule has 0 amide bonds. The highest BCUT2D eigenvalue weighted by Crippen LogP contribution is 2.21. The van der Waals surface area contributed by atoms with Crippen molar-refractivity contribution in [3.63, 3.8) is 0 Å². The van der Waals surface area contributed by atoms with E-state index in [0.29, 0.717) is 5.92 Å². The minimum Gasteiger partial charge on any atom is -0.389 e. The summed E-state index contributed by atoms with van der Waals surface area (Å²) in [5.74, 6) is 0.608. The van der Waals surface area contributed by atoms with Crippen LogP contribution in [0, 0.1) is 5.92 Å². The minimum atomic E-state index is -0.702. The second-order valence-electron chi connectivity index (χ2n) is 5.29. The fraction of sp³-hybridized carbons (Fsp3) is 1.00. The molecule has 1 fully saturated rings. The van der Waals surface area contributed by atoms with Gasteiger partial charge in [0.25, 0.3) is 0 Å². The molecule has 0 aromatic heterocycles. The van der Waals surface area contributed by atoms with Gasteiger partial charge in [-0.25, -0.2) is 0 Å². The van der Waals surface area contributed by atoms with Gasteiger partial charge in [-0.15, -0.1) is 0 Å². The van der Waals surface area contributed by atoms with E-state index in [-0.39, 0.29) is 5.54 Å². The molecule has 1 saturated heterocycles. The van der Waals surface area contributed by atoms with E-state index in [2.05, 4.69) is 5.32 Å². The minimum absolute atomic E-state index is 0.254. The smallest absolute Gasteiger partial charge is 0.0767 e. The van der Waals surface area contributed by atoms with Crippen LogP contribution in [0.1, 0.15) is 34.1 Å². The highest BCUT2D eigenvalue weighted by atomic mass is 16.5. The molecule has 2 N–H and O–H groups in total. The van der Waals surface area contributed by atoms with Crippen molar-refractivity contribution < 1.29 is 9.84 Å². The van der Waals surface area contributed by atoms with Crippen molar-refractivity contribution in [3.8, 4) is 0 Å². The Hall–Kier alpha value is -0.120. The SMILES string of the molecule is CC(C)(O)C(C)(C)NCC1CCOC1. The first-order chi connectivity index (χ1) is 6.33. The molecule has 1 unspecified atom stereocenters. The Morgan fingerprint density at radius 3 is 2.43 bits per heavy atom. The van der Waals surface area contributed by atoms with Crippen molar-refractivity contribution in [3.05, 3.63) is 0 Å². The van der Waals surface area contributed by atoms with Crippen LogP contribution in [0.2, 0.25) is 0 Å². The number of ether oxygens (including phenoxy) is 1. The molecule has 1 heterocycles. The van der Waals surface area contributed by atoms with Crippen LogP contribution in [0.5, 0.6) is 0 Å². The molecular weight excluding hydrogens is 178 g/mol. The highest BCUT2D eigenvalue weighted by Gasteiger charge is 2.35. The van der Waals surface area contributed by atoms with Gasteiger partial charge in [0.15, 0.2) is 0 Å². The number of hydrogen-bond acceptors (Lipinski definition) is 3. The van der Waals surface area contributed by atoms with Crippen LogP contribution >= 0.6 is 0 Å². The third-order valence-corrected chi connectivity index (χ3v) is 3.39. The summed E-state index contributed by atoms with van der Waals surface area (Å²) in [6.45, 7) is 10.4. The van der Waals surface area contributed by atoms with E-state index in [9.17, 15) is 5.11 Å². The van der Waals surface area contributed by atoms with Crippen LogP contribution in [0.4, 0.5) is 0 Å². The van der Waals surface area contributed by atoms with Gasteiger partial charge in [-0.1, -0.05) is 0 Å². The first kappa shape index (κ1) is 12.0. The molecule has 84 valence electrons. The second-order valence-corrected chi connectivity index (χ2v) is 5.29. The highest BCUT2D eigenvalue weighted by molar-refractivity contribution is 4.93. The van der Waals surface area contributed by atoms with Crippen LogP contribution in [0.3, 0.4) is 0 Å². The van der Waals surface area contributed by atoms with Gasteiger partial charge in [-0.3, -0.25) is 0 Å². The van der Waals surface area contributed by atoms with Crippen molar-refractivity contribution in [1.82, 2.24) is 5.32 Å². The Labute approximate surface area is 86.8 Å². The maximum Gasteiger partial charge on any atom is 0.0767 e. The van der Waals surface area contributed by atoms with Crippen molar-refractivity contribution in [2.24, 2.45) is 5.92 Å². The van der Waals surface area contributed by atoms with Crippen LogP contribution in [-0.2, 0) is 4.74 Å². The van der Waals surface area contributed by atoms with E-state index >= 15 is 0 Å². The third-order valence-electron chi connectivity index (χ3n) is 3.39. The number of rotatable bonds is 4. The maximum atomic E-state index is 9.93. The predicted molar refractivity (Wildman–Crippen MR) is 57.3 cm³/mol. The van der Waals surface area contributed by atoms with Crippen LogP contribution in [0.25, 0.3) is 0 Å². The van der Waals surface area contributed by atoms with Crippen LogP contribution in [-0.4, -0.2) is 36.0 Å². The fourth-order valence-electron chi connectivity index (χ4n) is 1.36. The van der Waals surface area contributed by atoms with Gasteiger partial charge < -0.3 is 15.2 Å². The average molecular weight is 201 g/mol. The summed E-state index contributed by atoms with van der Waals surface area (Å²) in [6.07, 6.45) is 1.13. The zero-order valence-electron chi connectivity index (χ0n) is 9.76. The van der Waals surface area contributed by atoms with Crippen molar-refractivity contribution in [2.45, 2.75) is 45.3 Å². The van der Waals surface area contributed by atoms with E-state index in [4.69, 9.17) is 4.74 Å². The van der Waals surface area contributed by atoms with Gasteiger partial charge in [-0.05, 0) is 40.0 Å². The van der Waals surface area contributed by atoms with Crippen molar-refractivity contribution >= 4 is 0 Å². The van der Waals surface area contributed by atoms with Gasteiger partial charge in [0, 0.05) is 18.7 Å². The second kappa shape index (κ2) is 4.17. The van der Waals surface area contributed by atoms with Gasteiger partial charge in [0.05, 0.1) is 12.2 Å². The molecule has 1 rings (SSSR count). The number of nitrogens with one attached hydrogen (secondary N) is 1. The predicted octanol–water partition coefficient (Wildman–Crippen LogP) is 1.16.